The summed E-state index contributed by atoms with van der Waals surface area (Å²) in [6.45, 7) is 0. The molecular formula is C9H6F5NO4. The highest BCUT2D eigenvalue weighted by Gasteiger charge is 2.34. The fourth-order valence-corrected chi connectivity index (χ4v) is 1.18. The van der Waals surface area contributed by atoms with Crippen LogP contribution in [-0.4, -0.2) is 27.5 Å². The third-order valence-corrected chi connectivity index (χ3v) is 1.82. The first-order valence-corrected chi connectivity index (χ1v) is 4.58. The van der Waals surface area contributed by atoms with Crippen LogP contribution in [0.4, 0.5) is 22.0 Å². The lowest BCUT2D eigenvalue weighted by atomic mass is 10.2. The van der Waals surface area contributed by atoms with Gasteiger partial charge >= 0.3 is 12.3 Å². The largest absolute Gasteiger partial charge is 0.574 e. The number of pyridine rings is 1. The monoisotopic (exact) mass is 287 g/mol. The molecule has 0 unspecified atom stereocenters. The number of aliphatic carboxylic acids is 1. The first kappa shape index (κ1) is 14.9. The van der Waals surface area contributed by atoms with E-state index in [0.29, 0.717) is 6.07 Å². The number of ether oxygens (including phenoxy) is 1. The highest BCUT2D eigenvalue weighted by Crippen LogP contribution is 2.37. The first-order valence-electron chi connectivity index (χ1n) is 4.58. The van der Waals surface area contributed by atoms with Gasteiger partial charge < -0.3 is 14.9 Å². The number of rotatable bonds is 4. The van der Waals surface area contributed by atoms with E-state index in [2.05, 4.69) is 9.72 Å². The summed E-state index contributed by atoms with van der Waals surface area (Å²) in [7, 11) is 0. The van der Waals surface area contributed by atoms with Crippen LogP contribution in [0, 0.1) is 0 Å². The van der Waals surface area contributed by atoms with Crippen LogP contribution in [0.25, 0.3) is 0 Å². The summed E-state index contributed by atoms with van der Waals surface area (Å²) in [4.78, 5) is 13.4. The minimum Gasteiger partial charge on any atom is -0.503 e. The number of hydrogen-bond donors (Lipinski definition) is 2. The van der Waals surface area contributed by atoms with Crippen LogP contribution < -0.4 is 4.74 Å². The normalized spacial score (nSPS) is 11.7. The van der Waals surface area contributed by atoms with Crippen molar-refractivity contribution in [2.45, 2.75) is 19.2 Å². The molecule has 0 aliphatic heterocycles. The Bertz CT molecular complexity index is 488. The van der Waals surface area contributed by atoms with Gasteiger partial charge in [-0.1, -0.05) is 0 Å². The van der Waals surface area contributed by atoms with Crippen molar-refractivity contribution in [1.29, 1.82) is 0 Å². The molecule has 0 atom stereocenters. The van der Waals surface area contributed by atoms with E-state index >= 15 is 0 Å². The van der Waals surface area contributed by atoms with Crippen LogP contribution in [0.3, 0.4) is 0 Å². The van der Waals surface area contributed by atoms with Gasteiger partial charge in [0, 0.05) is 0 Å². The van der Waals surface area contributed by atoms with Gasteiger partial charge in [-0.05, 0) is 6.07 Å². The summed E-state index contributed by atoms with van der Waals surface area (Å²) in [5.41, 5.74) is -1.79. The predicted octanol–water partition coefficient (Wildman–Crippen LogP) is 2.25. The Labute approximate surface area is 102 Å². The maximum atomic E-state index is 12.5. The summed E-state index contributed by atoms with van der Waals surface area (Å²) in [5, 5.41) is 17.6. The van der Waals surface area contributed by atoms with Crippen molar-refractivity contribution in [3.8, 4) is 11.6 Å². The van der Waals surface area contributed by atoms with Crippen molar-refractivity contribution < 1.29 is 41.7 Å². The van der Waals surface area contributed by atoms with Crippen LogP contribution in [0.15, 0.2) is 6.07 Å². The van der Waals surface area contributed by atoms with E-state index in [1.165, 1.54) is 0 Å². The second-order valence-corrected chi connectivity index (χ2v) is 3.28. The molecule has 0 saturated heterocycles. The van der Waals surface area contributed by atoms with Crippen molar-refractivity contribution in [1.82, 2.24) is 4.98 Å². The summed E-state index contributed by atoms with van der Waals surface area (Å²) in [6.07, 6.45) is -9.47. The lowest BCUT2D eigenvalue weighted by Crippen LogP contribution is -2.19. The van der Waals surface area contributed by atoms with E-state index < -0.39 is 48.1 Å². The zero-order valence-electron chi connectivity index (χ0n) is 8.91. The first-order chi connectivity index (χ1) is 8.60. The lowest BCUT2D eigenvalue weighted by Gasteiger charge is -2.13. The van der Waals surface area contributed by atoms with Crippen LogP contribution >= 0.6 is 0 Å². The third kappa shape index (κ3) is 4.23. The molecule has 0 spiro atoms. The Morgan fingerprint density at radius 1 is 1.42 bits per heavy atom. The van der Waals surface area contributed by atoms with Gasteiger partial charge in [0.1, 0.15) is 0 Å². The molecule has 0 radical (unpaired) electrons. The van der Waals surface area contributed by atoms with E-state index in [0.717, 1.165) is 0 Å². The quantitative estimate of drug-likeness (QED) is 0.830. The molecule has 0 aliphatic carbocycles. The Hall–Kier alpha value is -2.13. The van der Waals surface area contributed by atoms with E-state index in [-0.39, 0.29) is 0 Å². The lowest BCUT2D eigenvalue weighted by molar-refractivity contribution is -0.276. The molecule has 19 heavy (non-hydrogen) atoms. The second-order valence-electron chi connectivity index (χ2n) is 3.28. The molecule has 0 amide bonds. The molecule has 1 aromatic heterocycles. The summed E-state index contributed by atoms with van der Waals surface area (Å²) >= 11 is 0. The number of halogens is 5. The van der Waals surface area contributed by atoms with Gasteiger partial charge in [-0.15, -0.1) is 13.2 Å². The van der Waals surface area contributed by atoms with E-state index in [4.69, 9.17) is 10.2 Å². The van der Waals surface area contributed by atoms with Gasteiger partial charge in [-0.2, -0.15) is 0 Å². The zero-order chi connectivity index (χ0) is 14.8. The molecule has 0 fully saturated rings. The van der Waals surface area contributed by atoms with Crippen molar-refractivity contribution >= 4 is 5.97 Å². The van der Waals surface area contributed by atoms with Gasteiger partial charge in [0.25, 0.3) is 12.3 Å². The smallest absolute Gasteiger partial charge is 0.503 e. The van der Waals surface area contributed by atoms with Gasteiger partial charge in [-0.25, -0.2) is 13.8 Å². The maximum Gasteiger partial charge on any atom is 0.574 e. The van der Waals surface area contributed by atoms with Gasteiger partial charge in [0.05, 0.1) is 17.7 Å². The maximum absolute atomic E-state index is 12.5. The number of hydrogen-bond acceptors (Lipinski definition) is 4. The number of alkyl halides is 5. The number of carbonyl (C=O) groups is 1. The molecule has 0 saturated carbocycles. The minimum atomic E-state index is -5.26. The van der Waals surface area contributed by atoms with Crippen LogP contribution in [-0.2, 0) is 11.2 Å². The zero-order valence-corrected chi connectivity index (χ0v) is 8.91. The Morgan fingerprint density at radius 3 is 2.42 bits per heavy atom. The number of nitrogens with zero attached hydrogens (tertiary/aromatic N) is 1. The Balaban J connectivity index is 3.27. The number of carboxylic acid groups (broad SMARTS) is 1. The van der Waals surface area contributed by atoms with Gasteiger partial charge in [-0.3, -0.25) is 4.79 Å². The molecule has 1 heterocycles. The number of aromatic hydroxyl groups is 1. The summed E-state index contributed by atoms with van der Waals surface area (Å²) < 4.78 is 64.1. The minimum absolute atomic E-state index is 0.497. The average molecular weight is 287 g/mol. The van der Waals surface area contributed by atoms with Crippen molar-refractivity contribution in [2.24, 2.45) is 0 Å². The SMILES string of the molecule is O=C(O)Cc1cc(C(F)F)c(O)c(OC(F)(F)F)n1. The number of aromatic nitrogens is 1. The fourth-order valence-electron chi connectivity index (χ4n) is 1.18. The molecular weight excluding hydrogens is 281 g/mol. The van der Waals surface area contributed by atoms with E-state index in [1.807, 2.05) is 0 Å². The molecule has 1 rings (SSSR count). The van der Waals surface area contributed by atoms with E-state index in [9.17, 15) is 26.7 Å². The highest BCUT2D eigenvalue weighted by molar-refractivity contribution is 5.69. The molecule has 2 N–H and O–H groups in total. The van der Waals surface area contributed by atoms with Gasteiger partial charge in [0.15, 0.2) is 5.75 Å². The summed E-state index contributed by atoms with van der Waals surface area (Å²) in [6, 6.07) is 0.497. The Morgan fingerprint density at radius 2 is 2.00 bits per heavy atom. The Kier molecular flexibility index (Phi) is 4.12. The molecule has 1 aromatic rings. The number of carboxylic acids is 1. The predicted molar refractivity (Wildman–Crippen MR) is 48.9 cm³/mol. The van der Waals surface area contributed by atoms with Gasteiger partial charge in [0.2, 0.25) is 0 Å². The van der Waals surface area contributed by atoms with E-state index in [1.54, 1.807) is 0 Å². The molecule has 106 valence electrons. The van der Waals surface area contributed by atoms with Crippen LogP contribution in [0.1, 0.15) is 17.7 Å². The topological polar surface area (TPSA) is 79.7 Å². The standard InChI is InChI=1S/C9H6F5NO4/c10-7(11)4-1-3(2-5(16)17)15-8(6(4)18)19-9(12,13)14/h1,7,18H,2H2,(H,16,17). The second kappa shape index (κ2) is 5.24. The molecule has 0 aromatic carbocycles. The molecule has 0 bridgehead atoms. The van der Waals surface area contributed by atoms with Crippen molar-refractivity contribution in [3.63, 3.8) is 0 Å². The molecule has 10 heteroatoms. The molecule has 5 nitrogen and oxygen atoms in total. The third-order valence-electron chi connectivity index (χ3n) is 1.82. The van der Waals surface area contributed by atoms with Crippen molar-refractivity contribution in [3.05, 3.63) is 17.3 Å². The van der Waals surface area contributed by atoms with Crippen molar-refractivity contribution in [2.75, 3.05) is 0 Å². The highest BCUT2D eigenvalue weighted by atomic mass is 19.4. The fraction of sp³-hybridized carbons (Fsp3) is 0.333. The van der Waals surface area contributed by atoms with Crippen LogP contribution in [0.2, 0.25) is 0 Å². The summed E-state index contributed by atoms with van der Waals surface area (Å²) in [5.74, 6) is -4.49. The average Bonchev–Trinajstić information content (AvgIpc) is 2.19. The van der Waals surface area contributed by atoms with Crippen LogP contribution in [0.5, 0.6) is 11.6 Å². The molecule has 0 aliphatic rings.